The van der Waals surface area contributed by atoms with Gasteiger partial charge in [-0.25, -0.2) is 4.98 Å². The number of hydrogen-bond donors (Lipinski definition) is 1. The molecule has 0 aliphatic heterocycles. The zero-order valence-corrected chi connectivity index (χ0v) is 10.0. The van der Waals surface area contributed by atoms with Gasteiger partial charge in [-0.3, -0.25) is 0 Å². The molecule has 2 nitrogen and oxygen atoms in total. The zero-order valence-electron chi connectivity index (χ0n) is 10.0. The maximum absolute atomic E-state index is 10.0. The molecule has 1 N–H and O–H groups in total. The van der Waals surface area contributed by atoms with Crippen molar-refractivity contribution in [3.8, 4) is 5.75 Å². The Labute approximate surface area is 96.0 Å². The topological polar surface area (TPSA) is 33.1 Å². The molecule has 0 aliphatic carbocycles. The van der Waals surface area contributed by atoms with Gasteiger partial charge in [-0.2, -0.15) is 0 Å². The highest BCUT2D eigenvalue weighted by Gasteiger charge is 2.08. The van der Waals surface area contributed by atoms with E-state index in [1.807, 2.05) is 19.1 Å². The van der Waals surface area contributed by atoms with E-state index in [2.05, 4.69) is 24.9 Å². The first kappa shape index (κ1) is 10.9. The van der Waals surface area contributed by atoms with Crippen LogP contribution in [0.25, 0.3) is 10.9 Å². The number of hydrogen-bond acceptors (Lipinski definition) is 2. The summed E-state index contributed by atoms with van der Waals surface area (Å²) in [6, 6.07) is 6.11. The number of rotatable bonds is 2. The van der Waals surface area contributed by atoms with Crippen LogP contribution in [0.15, 0.2) is 18.2 Å². The minimum Gasteiger partial charge on any atom is -0.505 e. The third kappa shape index (κ3) is 1.75. The molecule has 0 radical (unpaired) electrons. The minimum atomic E-state index is 0.318. The molecular weight excluding hydrogens is 198 g/mol. The molecule has 1 aromatic heterocycles. The molecule has 0 atom stereocenters. The number of benzene rings is 1. The van der Waals surface area contributed by atoms with Crippen LogP contribution in [0.4, 0.5) is 0 Å². The first-order valence-electron chi connectivity index (χ1n) is 5.72. The Morgan fingerprint density at radius 3 is 2.62 bits per heavy atom. The summed E-state index contributed by atoms with van der Waals surface area (Å²) in [5.74, 6) is 0.318. The number of aromatic hydroxyl groups is 1. The number of phenolic OH excluding ortho intramolecular Hbond substituents is 1. The number of phenols is 1. The van der Waals surface area contributed by atoms with E-state index in [0.717, 1.165) is 35.0 Å². The standard InChI is InChI=1S/C14H17NO/c1-4-5-11-6-7-12-9(2)8-10(3)14(16)13(12)15-11/h6-8,16H,4-5H2,1-3H3. The third-order valence-electron chi connectivity index (χ3n) is 2.91. The van der Waals surface area contributed by atoms with Crippen LogP contribution < -0.4 is 0 Å². The quantitative estimate of drug-likeness (QED) is 0.831. The van der Waals surface area contributed by atoms with Crippen LogP contribution in [-0.4, -0.2) is 10.1 Å². The van der Waals surface area contributed by atoms with Gasteiger partial charge < -0.3 is 5.11 Å². The molecule has 0 amide bonds. The molecule has 2 aromatic rings. The Morgan fingerprint density at radius 2 is 1.94 bits per heavy atom. The van der Waals surface area contributed by atoms with Crippen molar-refractivity contribution < 1.29 is 5.11 Å². The van der Waals surface area contributed by atoms with E-state index in [4.69, 9.17) is 0 Å². The normalized spacial score (nSPS) is 10.9. The smallest absolute Gasteiger partial charge is 0.144 e. The van der Waals surface area contributed by atoms with E-state index >= 15 is 0 Å². The van der Waals surface area contributed by atoms with Gasteiger partial charge in [-0.1, -0.05) is 25.5 Å². The van der Waals surface area contributed by atoms with E-state index in [1.165, 1.54) is 5.56 Å². The zero-order chi connectivity index (χ0) is 11.7. The lowest BCUT2D eigenvalue weighted by molar-refractivity contribution is 0.476. The van der Waals surface area contributed by atoms with E-state index in [1.54, 1.807) is 0 Å². The number of aryl methyl sites for hydroxylation is 3. The summed E-state index contributed by atoms with van der Waals surface area (Å²) in [6.07, 6.45) is 2.03. The highest BCUT2D eigenvalue weighted by Crippen LogP contribution is 2.29. The fourth-order valence-electron chi connectivity index (χ4n) is 2.05. The molecule has 1 heterocycles. The van der Waals surface area contributed by atoms with Crippen molar-refractivity contribution in [1.29, 1.82) is 0 Å². The predicted molar refractivity (Wildman–Crippen MR) is 66.9 cm³/mol. The maximum atomic E-state index is 10.0. The summed E-state index contributed by atoms with van der Waals surface area (Å²) in [7, 11) is 0. The van der Waals surface area contributed by atoms with Crippen molar-refractivity contribution in [3.63, 3.8) is 0 Å². The van der Waals surface area contributed by atoms with E-state index in [-0.39, 0.29) is 0 Å². The predicted octanol–water partition coefficient (Wildman–Crippen LogP) is 3.51. The Balaban J connectivity index is 2.71. The van der Waals surface area contributed by atoms with E-state index in [9.17, 15) is 5.11 Å². The molecule has 0 spiro atoms. The van der Waals surface area contributed by atoms with Gasteiger partial charge in [0.2, 0.25) is 0 Å². The highest BCUT2D eigenvalue weighted by molar-refractivity contribution is 5.88. The first-order chi connectivity index (χ1) is 7.63. The van der Waals surface area contributed by atoms with Gasteiger partial charge in [0.1, 0.15) is 11.3 Å². The van der Waals surface area contributed by atoms with Crippen molar-refractivity contribution in [3.05, 3.63) is 35.0 Å². The van der Waals surface area contributed by atoms with Crippen molar-refractivity contribution in [2.75, 3.05) is 0 Å². The molecule has 0 bridgehead atoms. The molecule has 0 saturated heterocycles. The van der Waals surface area contributed by atoms with E-state index in [0.29, 0.717) is 5.75 Å². The van der Waals surface area contributed by atoms with Gasteiger partial charge in [0.05, 0.1) is 0 Å². The summed E-state index contributed by atoms with van der Waals surface area (Å²) < 4.78 is 0. The van der Waals surface area contributed by atoms with Gasteiger partial charge in [-0.15, -0.1) is 0 Å². The van der Waals surface area contributed by atoms with Crippen molar-refractivity contribution >= 4 is 10.9 Å². The first-order valence-corrected chi connectivity index (χ1v) is 5.72. The van der Waals surface area contributed by atoms with Crippen LogP contribution in [0, 0.1) is 13.8 Å². The van der Waals surface area contributed by atoms with Crippen LogP contribution in [0.1, 0.15) is 30.2 Å². The molecule has 1 aromatic carbocycles. The molecule has 84 valence electrons. The van der Waals surface area contributed by atoms with Gasteiger partial charge in [0.25, 0.3) is 0 Å². The summed E-state index contributed by atoms with van der Waals surface area (Å²) in [6.45, 7) is 6.10. The average Bonchev–Trinajstić information content (AvgIpc) is 2.26. The Hall–Kier alpha value is -1.57. The summed E-state index contributed by atoms with van der Waals surface area (Å²) >= 11 is 0. The van der Waals surface area contributed by atoms with Crippen LogP contribution in [-0.2, 0) is 6.42 Å². The lowest BCUT2D eigenvalue weighted by Gasteiger charge is -2.08. The monoisotopic (exact) mass is 215 g/mol. The minimum absolute atomic E-state index is 0.318. The highest BCUT2D eigenvalue weighted by atomic mass is 16.3. The average molecular weight is 215 g/mol. The fraction of sp³-hybridized carbons (Fsp3) is 0.357. The summed E-state index contributed by atoms with van der Waals surface area (Å²) in [5.41, 5.74) is 3.85. The second kappa shape index (κ2) is 4.12. The van der Waals surface area contributed by atoms with Crippen LogP contribution in [0.5, 0.6) is 5.75 Å². The number of nitrogens with zero attached hydrogens (tertiary/aromatic N) is 1. The molecule has 16 heavy (non-hydrogen) atoms. The molecular formula is C14H17NO. The van der Waals surface area contributed by atoms with Crippen molar-refractivity contribution in [1.82, 2.24) is 4.98 Å². The van der Waals surface area contributed by atoms with Crippen molar-refractivity contribution in [2.45, 2.75) is 33.6 Å². The van der Waals surface area contributed by atoms with Crippen LogP contribution in [0.3, 0.4) is 0 Å². The van der Waals surface area contributed by atoms with Crippen LogP contribution >= 0.6 is 0 Å². The number of pyridine rings is 1. The van der Waals surface area contributed by atoms with Crippen molar-refractivity contribution in [2.24, 2.45) is 0 Å². The second-order valence-electron chi connectivity index (χ2n) is 4.31. The molecule has 2 heteroatoms. The molecule has 0 fully saturated rings. The maximum Gasteiger partial charge on any atom is 0.144 e. The second-order valence-corrected chi connectivity index (χ2v) is 4.31. The Morgan fingerprint density at radius 1 is 1.19 bits per heavy atom. The molecule has 2 rings (SSSR count). The summed E-state index contributed by atoms with van der Waals surface area (Å²) in [4.78, 5) is 4.54. The fourth-order valence-corrected chi connectivity index (χ4v) is 2.05. The van der Waals surface area contributed by atoms with Crippen LogP contribution in [0.2, 0.25) is 0 Å². The third-order valence-corrected chi connectivity index (χ3v) is 2.91. The number of fused-ring (bicyclic) bond motifs is 1. The lowest BCUT2D eigenvalue weighted by Crippen LogP contribution is -1.92. The van der Waals surface area contributed by atoms with Gasteiger partial charge >= 0.3 is 0 Å². The number of aromatic nitrogens is 1. The Bertz CT molecular complexity index is 532. The lowest BCUT2D eigenvalue weighted by atomic mass is 10.0. The summed E-state index contributed by atoms with van der Waals surface area (Å²) in [5, 5.41) is 11.1. The molecule has 0 saturated carbocycles. The SMILES string of the molecule is CCCc1ccc2c(C)cc(C)c(O)c2n1. The molecule has 0 unspecified atom stereocenters. The van der Waals surface area contributed by atoms with E-state index < -0.39 is 0 Å². The van der Waals surface area contributed by atoms with Gasteiger partial charge in [0.15, 0.2) is 0 Å². The van der Waals surface area contributed by atoms with Gasteiger partial charge in [-0.05, 0) is 37.5 Å². The largest absolute Gasteiger partial charge is 0.505 e. The molecule has 0 aliphatic rings. The van der Waals surface area contributed by atoms with Gasteiger partial charge in [0, 0.05) is 11.1 Å². The Kier molecular flexibility index (Phi) is 2.82.